The summed E-state index contributed by atoms with van der Waals surface area (Å²) in [4.78, 5) is 25.4. The van der Waals surface area contributed by atoms with E-state index in [0.29, 0.717) is 32.4 Å². The Hall–Kier alpha value is -2.04. The number of benzene rings is 1. The summed E-state index contributed by atoms with van der Waals surface area (Å²) in [5.41, 5.74) is 6.22. The lowest BCUT2D eigenvalue weighted by Gasteiger charge is -2.30. The summed E-state index contributed by atoms with van der Waals surface area (Å²) < 4.78 is 5.75. The number of piperidine rings is 1. The van der Waals surface area contributed by atoms with Gasteiger partial charge in [0, 0.05) is 24.6 Å². The molecule has 0 unspecified atom stereocenters. The van der Waals surface area contributed by atoms with Gasteiger partial charge in [0.05, 0.1) is 12.5 Å². The average Bonchev–Trinajstić information content (AvgIpc) is 2.48. The standard InChI is InChI=1S/C17H24N2O3/c1-12(2)22-15-6-4-3-5-14(15)11-16(20)19-9-7-13(8-10-19)17(18)21/h3-6,12-13H,7-11H2,1-2H3,(H2,18,21). The highest BCUT2D eigenvalue weighted by Crippen LogP contribution is 2.22. The molecule has 0 radical (unpaired) electrons. The van der Waals surface area contributed by atoms with E-state index >= 15 is 0 Å². The highest BCUT2D eigenvalue weighted by molar-refractivity contribution is 5.80. The van der Waals surface area contributed by atoms with E-state index in [1.165, 1.54) is 0 Å². The van der Waals surface area contributed by atoms with Gasteiger partial charge in [0.2, 0.25) is 11.8 Å². The Morgan fingerprint density at radius 2 is 1.91 bits per heavy atom. The lowest BCUT2D eigenvalue weighted by molar-refractivity contribution is -0.134. The minimum absolute atomic E-state index is 0.0718. The second-order valence-electron chi connectivity index (χ2n) is 6.01. The molecule has 1 aromatic carbocycles. The molecular weight excluding hydrogens is 280 g/mol. The molecule has 1 aliphatic rings. The number of nitrogens with two attached hydrogens (primary N) is 1. The van der Waals surface area contributed by atoms with Crippen molar-refractivity contribution in [2.75, 3.05) is 13.1 Å². The summed E-state index contributed by atoms with van der Waals surface area (Å²) in [6.45, 7) is 5.12. The third-order valence-corrected chi connectivity index (χ3v) is 3.93. The van der Waals surface area contributed by atoms with E-state index in [1.807, 2.05) is 43.0 Å². The van der Waals surface area contributed by atoms with Gasteiger partial charge in [0.15, 0.2) is 0 Å². The molecule has 22 heavy (non-hydrogen) atoms. The van der Waals surface area contributed by atoms with E-state index in [-0.39, 0.29) is 23.8 Å². The third kappa shape index (κ3) is 4.23. The van der Waals surface area contributed by atoms with E-state index in [4.69, 9.17) is 10.5 Å². The largest absolute Gasteiger partial charge is 0.491 e. The van der Waals surface area contributed by atoms with Gasteiger partial charge in [0.25, 0.3) is 0 Å². The second kappa shape index (κ2) is 7.29. The van der Waals surface area contributed by atoms with Crippen LogP contribution in [0.15, 0.2) is 24.3 Å². The third-order valence-electron chi connectivity index (χ3n) is 3.93. The van der Waals surface area contributed by atoms with Crippen molar-refractivity contribution in [3.8, 4) is 5.75 Å². The van der Waals surface area contributed by atoms with Gasteiger partial charge in [-0.3, -0.25) is 9.59 Å². The van der Waals surface area contributed by atoms with Crippen molar-refractivity contribution in [1.29, 1.82) is 0 Å². The Morgan fingerprint density at radius 1 is 1.27 bits per heavy atom. The molecule has 0 bridgehead atoms. The van der Waals surface area contributed by atoms with Crippen LogP contribution in [0.2, 0.25) is 0 Å². The molecule has 1 aromatic rings. The minimum Gasteiger partial charge on any atom is -0.491 e. The minimum atomic E-state index is -0.261. The maximum Gasteiger partial charge on any atom is 0.227 e. The summed E-state index contributed by atoms with van der Waals surface area (Å²) in [7, 11) is 0. The van der Waals surface area contributed by atoms with Gasteiger partial charge in [-0.05, 0) is 32.8 Å². The quantitative estimate of drug-likeness (QED) is 0.900. The van der Waals surface area contributed by atoms with Crippen LogP contribution in [0.5, 0.6) is 5.75 Å². The Kier molecular flexibility index (Phi) is 5.41. The first-order chi connectivity index (χ1) is 10.5. The number of amides is 2. The van der Waals surface area contributed by atoms with Gasteiger partial charge < -0.3 is 15.4 Å². The summed E-state index contributed by atoms with van der Waals surface area (Å²) >= 11 is 0. The molecule has 120 valence electrons. The first-order valence-corrected chi connectivity index (χ1v) is 7.79. The van der Waals surface area contributed by atoms with Crippen molar-refractivity contribution in [3.63, 3.8) is 0 Å². The van der Waals surface area contributed by atoms with Crippen LogP contribution < -0.4 is 10.5 Å². The summed E-state index contributed by atoms with van der Waals surface area (Å²) in [6.07, 6.45) is 1.71. The van der Waals surface area contributed by atoms with Gasteiger partial charge >= 0.3 is 0 Å². The van der Waals surface area contributed by atoms with Crippen molar-refractivity contribution >= 4 is 11.8 Å². The molecule has 0 atom stereocenters. The molecular formula is C17H24N2O3. The number of carbonyl (C=O) groups is 2. The van der Waals surface area contributed by atoms with Crippen LogP contribution in [0.4, 0.5) is 0 Å². The van der Waals surface area contributed by atoms with Gasteiger partial charge in [-0.15, -0.1) is 0 Å². The van der Waals surface area contributed by atoms with E-state index < -0.39 is 0 Å². The number of nitrogens with zero attached hydrogens (tertiary/aromatic N) is 1. The summed E-state index contributed by atoms with van der Waals surface area (Å²) in [6, 6.07) is 7.63. The van der Waals surface area contributed by atoms with Crippen molar-refractivity contribution < 1.29 is 14.3 Å². The van der Waals surface area contributed by atoms with Crippen molar-refractivity contribution in [2.45, 2.75) is 39.2 Å². The molecule has 5 nitrogen and oxygen atoms in total. The fourth-order valence-corrected chi connectivity index (χ4v) is 2.71. The Bertz CT molecular complexity index is 534. The molecule has 1 aliphatic heterocycles. The van der Waals surface area contributed by atoms with Crippen LogP contribution in [0, 0.1) is 5.92 Å². The molecule has 1 heterocycles. The molecule has 1 saturated heterocycles. The molecule has 0 spiro atoms. The monoisotopic (exact) mass is 304 g/mol. The van der Waals surface area contributed by atoms with Crippen molar-refractivity contribution in [2.24, 2.45) is 11.7 Å². The highest BCUT2D eigenvalue weighted by Gasteiger charge is 2.26. The van der Waals surface area contributed by atoms with Crippen LogP contribution in [-0.2, 0) is 16.0 Å². The number of hydrogen-bond donors (Lipinski definition) is 1. The SMILES string of the molecule is CC(C)Oc1ccccc1CC(=O)N1CCC(C(N)=O)CC1. The average molecular weight is 304 g/mol. The van der Waals surface area contributed by atoms with Gasteiger partial charge in [-0.1, -0.05) is 18.2 Å². The Labute approximate surface area is 131 Å². The summed E-state index contributed by atoms with van der Waals surface area (Å²) in [5, 5.41) is 0. The lowest BCUT2D eigenvalue weighted by atomic mass is 9.96. The molecule has 2 N–H and O–H groups in total. The predicted octanol–water partition coefficient (Wildman–Crippen LogP) is 1.74. The highest BCUT2D eigenvalue weighted by atomic mass is 16.5. The van der Waals surface area contributed by atoms with Crippen LogP contribution in [0.25, 0.3) is 0 Å². The van der Waals surface area contributed by atoms with E-state index in [2.05, 4.69) is 0 Å². The maximum atomic E-state index is 12.4. The van der Waals surface area contributed by atoms with Crippen molar-refractivity contribution in [3.05, 3.63) is 29.8 Å². The second-order valence-corrected chi connectivity index (χ2v) is 6.01. The van der Waals surface area contributed by atoms with E-state index in [9.17, 15) is 9.59 Å². The summed E-state index contributed by atoms with van der Waals surface area (Å²) in [5.74, 6) is 0.476. The molecule has 5 heteroatoms. The van der Waals surface area contributed by atoms with E-state index in [0.717, 1.165) is 11.3 Å². The number of para-hydroxylation sites is 1. The number of ether oxygens (including phenoxy) is 1. The number of carbonyl (C=O) groups excluding carboxylic acids is 2. The topological polar surface area (TPSA) is 72.6 Å². The number of hydrogen-bond acceptors (Lipinski definition) is 3. The zero-order chi connectivity index (χ0) is 16.1. The number of primary amides is 1. The maximum absolute atomic E-state index is 12.4. The van der Waals surface area contributed by atoms with E-state index in [1.54, 1.807) is 0 Å². The van der Waals surface area contributed by atoms with Crippen LogP contribution in [0.1, 0.15) is 32.3 Å². The van der Waals surface area contributed by atoms with Gasteiger partial charge in [0.1, 0.15) is 5.75 Å². The van der Waals surface area contributed by atoms with Crippen molar-refractivity contribution in [1.82, 2.24) is 4.90 Å². The van der Waals surface area contributed by atoms with Gasteiger partial charge in [-0.2, -0.15) is 0 Å². The van der Waals surface area contributed by atoms with Crippen LogP contribution in [-0.4, -0.2) is 35.9 Å². The lowest BCUT2D eigenvalue weighted by Crippen LogP contribution is -2.42. The molecule has 0 saturated carbocycles. The smallest absolute Gasteiger partial charge is 0.227 e. The fraction of sp³-hybridized carbons (Fsp3) is 0.529. The van der Waals surface area contributed by atoms with Crippen LogP contribution >= 0.6 is 0 Å². The number of likely N-dealkylation sites (tertiary alicyclic amines) is 1. The molecule has 0 aliphatic carbocycles. The molecule has 2 amide bonds. The molecule has 1 fully saturated rings. The Morgan fingerprint density at radius 3 is 2.50 bits per heavy atom. The normalized spacial score (nSPS) is 15.9. The Balaban J connectivity index is 1.97. The fourth-order valence-electron chi connectivity index (χ4n) is 2.71. The zero-order valence-corrected chi connectivity index (χ0v) is 13.2. The van der Waals surface area contributed by atoms with Gasteiger partial charge in [-0.25, -0.2) is 0 Å². The molecule has 2 rings (SSSR count). The first kappa shape index (κ1) is 16.3. The van der Waals surface area contributed by atoms with Crippen LogP contribution in [0.3, 0.4) is 0 Å². The zero-order valence-electron chi connectivity index (χ0n) is 13.2. The first-order valence-electron chi connectivity index (χ1n) is 7.79. The number of rotatable bonds is 5. The molecule has 0 aromatic heterocycles. The predicted molar refractivity (Wildman–Crippen MR) is 84.4 cm³/mol.